The van der Waals surface area contributed by atoms with Crippen LogP contribution >= 0.6 is 0 Å². The van der Waals surface area contributed by atoms with Gasteiger partial charge in [-0.15, -0.1) is 10.2 Å². The number of phenols is 1. The van der Waals surface area contributed by atoms with Crippen molar-refractivity contribution in [2.75, 3.05) is 0 Å². The SMILES string of the molecule is O=C(Cn1nnc(-c2ccccc2)n1)N/N=C/c1cc(O)ccc1[N+](=O)[O-]. The second kappa shape index (κ2) is 7.82. The van der Waals surface area contributed by atoms with Crippen LogP contribution < -0.4 is 5.43 Å². The van der Waals surface area contributed by atoms with E-state index in [0.717, 1.165) is 22.6 Å². The number of hydrazone groups is 1. The largest absolute Gasteiger partial charge is 0.508 e. The van der Waals surface area contributed by atoms with Crippen LogP contribution in [0.15, 0.2) is 53.6 Å². The standard InChI is InChI=1S/C16H13N7O4/c24-13-6-7-14(23(26)27)12(8-13)9-17-18-15(25)10-22-20-16(19-21-22)11-4-2-1-3-5-11/h1-9,24H,10H2,(H,18,25)/b17-9+. The molecule has 0 bridgehead atoms. The minimum Gasteiger partial charge on any atom is -0.508 e. The molecule has 2 aromatic carbocycles. The third kappa shape index (κ3) is 4.48. The molecule has 11 heteroatoms. The number of hydrogen-bond acceptors (Lipinski definition) is 8. The monoisotopic (exact) mass is 367 g/mol. The molecule has 0 fully saturated rings. The first-order valence-corrected chi connectivity index (χ1v) is 7.65. The zero-order chi connectivity index (χ0) is 19.2. The minimum absolute atomic E-state index is 0.0468. The quantitative estimate of drug-likeness (QED) is 0.376. The Hall–Kier alpha value is -4.15. The number of carbonyl (C=O) groups is 1. The fraction of sp³-hybridized carbons (Fsp3) is 0.0625. The topological polar surface area (TPSA) is 148 Å². The van der Waals surface area contributed by atoms with Crippen LogP contribution in [0, 0.1) is 10.1 Å². The molecule has 1 amide bonds. The van der Waals surface area contributed by atoms with Crippen LogP contribution in [-0.4, -0.2) is 42.4 Å². The summed E-state index contributed by atoms with van der Waals surface area (Å²) in [6.07, 6.45) is 1.07. The number of tetrazole rings is 1. The van der Waals surface area contributed by atoms with E-state index in [4.69, 9.17) is 0 Å². The normalized spacial score (nSPS) is 10.8. The van der Waals surface area contributed by atoms with Crippen molar-refractivity contribution in [2.24, 2.45) is 5.10 Å². The van der Waals surface area contributed by atoms with E-state index < -0.39 is 10.8 Å². The molecule has 0 spiro atoms. The first-order valence-electron chi connectivity index (χ1n) is 7.65. The maximum Gasteiger partial charge on any atom is 0.278 e. The van der Waals surface area contributed by atoms with Crippen molar-refractivity contribution in [3.63, 3.8) is 0 Å². The molecule has 0 aliphatic rings. The van der Waals surface area contributed by atoms with Gasteiger partial charge in [-0.3, -0.25) is 14.9 Å². The second-order valence-electron chi connectivity index (χ2n) is 5.30. The van der Waals surface area contributed by atoms with E-state index in [1.54, 1.807) is 0 Å². The number of aromatic hydroxyl groups is 1. The number of nitrogens with zero attached hydrogens (tertiary/aromatic N) is 6. The van der Waals surface area contributed by atoms with Crippen molar-refractivity contribution in [3.8, 4) is 17.1 Å². The Kier molecular flexibility index (Phi) is 5.12. The van der Waals surface area contributed by atoms with E-state index in [1.807, 2.05) is 30.3 Å². The van der Waals surface area contributed by atoms with Gasteiger partial charge < -0.3 is 5.11 Å². The maximum absolute atomic E-state index is 11.9. The summed E-state index contributed by atoms with van der Waals surface area (Å²) in [7, 11) is 0. The Morgan fingerprint density at radius 1 is 1.30 bits per heavy atom. The highest BCUT2D eigenvalue weighted by Gasteiger charge is 2.13. The summed E-state index contributed by atoms with van der Waals surface area (Å²) >= 11 is 0. The number of carbonyl (C=O) groups excluding carboxylic acids is 1. The van der Waals surface area contributed by atoms with Gasteiger partial charge in [-0.25, -0.2) is 5.43 Å². The average molecular weight is 367 g/mol. The first kappa shape index (κ1) is 17.7. The van der Waals surface area contributed by atoms with E-state index in [1.165, 1.54) is 12.1 Å². The van der Waals surface area contributed by atoms with Crippen molar-refractivity contribution in [1.29, 1.82) is 0 Å². The molecule has 0 unspecified atom stereocenters. The number of amides is 1. The molecule has 0 aliphatic carbocycles. The minimum atomic E-state index is -0.618. The maximum atomic E-state index is 11.9. The van der Waals surface area contributed by atoms with Gasteiger partial charge in [-0.2, -0.15) is 9.90 Å². The van der Waals surface area contributed by atoms with E-state index in [2.05, 4.69) is 25.9 Å². The number of phenolic OH excluding ortho intramolecular Hbond substituents is 1. The zero-order valence-corrected chi connectivity index (χ0v) is 13.8. The zero-order valence-electron chi connectivity index (χ0n) is 13.8. The highest BCUT2D eigenvalue weighted by atomic mass is 16.6. The Morgan fingerprint density at radius 3 is 2.81 bits per heavy atom. The smallest absolute Gasteiger partial charge is 0.278 e. The number of aromatic nitrogens is 4. The Balaban J connectivity index is 1.62. The molecular weight excluding hydrogens is 354 g/mol. The van der Waals surface area contributed by atoms with Crippen LogP contribution in [0.25, 0.3) is 11.4 Å². The van der Waals surface area contributed by atoms with Gasteiger partial charge in [0.05, 0.1) is 16.7 Å². The summed E-state index contributed by atoms with van der Waals surface area (Å²) in [5.41, 5.74) is 2.77. The number of hydrogen-bond donors (Lipinski definition) is 2. The Bertz CT molecular complexity index is 1000. The number of nitrogens with one attached hydrogen (secondary N) is 1. The molecule has 27 heavy (non-hydrogen) atoms. The van der Waals surface area contributed by atoms with Crippen molar-refractivity contribution in [3.05, 3.63) is 64.2 Å². The van der Waals surface area contributed by atoms with Gasteiger partial charge in [0.2, 0.25) is 5.82 Å². The molecule has 0 atom stereocenters. The highest BCUT2D eigenvalue weighted by Crippen LogP contribution is 2.21. The van der Waals surface area contributed by atoms with Gasteiger partial charge in [-0.1, -0.05) is 30.3 Å². The fourth-order valence-corrected chi connectivity index (χ4v) is 2.16. The molecule has 11 nitrogen and oxygen atoms in total. The molecule has 1 heterocycles. The highest BCUT2D eigenvalue weighted by molar-refractivity contribution is 5.87. The molecule has 0 saturated carbocycles. The number of rotatable bonds is 6. The van der Waals surface area contributed by atoms with Crippen molar-refractivity contribution >= 4 is 17.8 Å². The van der Waals surface area contributed by atoms with E-state index in [0.29, 0.717) is 5.82 Å². The lowest BCUT2D eigenvalue weighted by Crippen LogP contribution is -2.24. The lowest BCUT2D eigenvalue weighted by Gasteiger charge is -2.00. The summed E-state index contributed by atoms with van der Waals surface area (Å²) in [4.78, 5) is 23.3. The Labute approximate surface area is 152 Å². The molecule has 2 N–H and O–H groups in total. The van der Waals surface area contributed by atoms with Crippen LogP contribution in [0.2, 0.25) is 0 Å². The third-order valence-electron chi connectivity index (χ3n) is 3.37. The number of nitro groups is 1. The van der Waals surface area contributed by atoms with Gasteiger partial charge in [0.1, 0.15) is 12.3 Å². The van der Waals surface area contributed by atoms with Crippen LogP contribution in [0.3, 0.4) is 0 Å². The van der Waals surface area contributed by atoms with Gasteiger partial charge in [0.15, 0.2) is 0 Å². The molecule has 3 rings (SSSR count). The summed E-state index contributed by atoms with van der Waals surface area (Å²) in [6.45, 7) is -0.237. The third-order valence-corrected chi connectivity index (χ3v) is 3.37. The van der Waals surface area contributed by atoms with E-state index in [-0.39, 0.29) is 23.5 Å². The van der Waals surface area contributed by atoms with E-state index in [9.17, 15) is 20.0 Å². The molecule has 136 valence electrons. The van der Waals surface area contributed by atoms with Gasteiger partial charge in [0.25, 0.3) is 11.6 Å². The summed E-state index contributed by atoms with van der Waals surface area (Å²) < 4.78 is 0. The van der Waals surface area contributed by atoms with Crippen LogP contribution in [-0.2, 0) is 11.3 Å². The molecular formula is C16H13N7O4. The van der Waals surface area contributed by atoms with E-state index >= 15 is 0 Å². The Morgan fingerprint density at radius 2 is 2.07 bits per heavy atom. The summed E-state index contributed by atoms with van der Waals surface area (Å²) in [5, 5.41) is 35.8. The number of benzene rings is 2. The predicted molar refractivity (Wildman–Crippen MR) is 93.8 cm³/mol. The molecule has 3 aromatic rings. The van der Waals surface area contributed by atoms with Gasteiger partial charge >= 0.3 is 0 Å². The molecule has 0 radical (unpaired) electrons. The molecule has 0 aliphatic heterocycles. The van der Waals surface area contributed by atoms with Crippen LogP contribution in [0.4, 0.5) is 5.69 Å². The second-order valence-corrected chi connectivity index (χ2v) is 5.30. The lowest BCUT2D eigenvalue weighted by molar-refractivity contribution is -0.385. The van der Waals surface area contributed by atoms with Crippen molar-refractivity contribution in [1.82, 2.24) is 25.6 Å². The summed E-state index contributed by atoms with van der Waals surface area (Å²) in [5.74, 6) is -0.331. The number of nitro benzene ring substituents is 1. The summed E-state index contributed by atoms with van der Waals surface area (Å²) in [6, 6.07) is 12.6. The molecule has 1 aromatic heterocycles. The fourth-order valence-electron chi connectivity index (χ4n) is 2.16. The van der Waals surface area contributed by atoms with Crippen LogP contribution in [0.5, 0.6) is 5.75 Å². The first-order chi connectivity index (χ1) is 13.0. The molecule has 0 saturated heterocycles. The predicted octanol–water partition coefficient (Wildman–Crippen LogP) is 1.10. The van der Waals surface area contributed by atoms with Crippen molar-refractivity contribution in [2.45, 2.75) is 6.54 Å². The van der Waals surface area contributed by atoms with Gasteiger partial charge in [0, 0.05) is 11.6 Å². The van der Waals surface area contributed by atoms with Gasteiger partial charge in [-0.05, 0) is 17.3 Å². The van der Waals surface area contributed by atoms with Crippen LogP contribution in [0.1, 0.15) is 5.56 Å². The lowest BCUT2D eigenvalue weighted by atomic mass is 10.2. The van der Waals surface area contributed by atoms with Crippen molar-refractivity contribution < 1.29 is 14.8 Å². The average Bonchev–Trinajstić information content (AvgIpc) is 3.10.